The lowest BCUT2D eigenvalue weighted by Crippen LogP contribution is -2.23. The third-order valence-electron chi connectivity index (χ3n) is 4.86. The van der Waals surface area contributed by atoms with E-state index in [1.165, 1.54) is 30.3 Å². The molecule has 1 aliphatic carbocycles. The minimum atomic E-state index is -3.63. The number of anilines is 1. The van der Waals surface area contributed by atoms with Crippen molar-refractivity contribution in [3.05, 3.63) is 60.7 Å². The molecule has 1 saturated carbocycles. The third kappa shape index (κ3) is 5.40. The number of carbonyl (C=O) groups excluding carboxylic acids is 1. The smallest absolute Gasteiger partial charge is 0.255 e. The van der Waals surface area contributed by atoms with E-state index >= 15 is 0 Å². The molecule has 0 aliphatic heterocycles. The van der Waals surface area contributed by atoms with E-state index < -0.39 is 10.0 Å². The molecule has 8 heteroatoms. The molecule has 30 heavy (non-hydrogen) atoms. The molecule has 0 atom stereocenters. The van der Waals surface area contributed by atoms with Gasteiger partial charge in [0.2, 0.25) is 10.0 Å². The number of hydrogen-bond donors (Lipinski definition) is 2. The first-order valence-corrected chi connectivity index (χ1v) is 11.3. The second kappa shape index (κ2) is 9.77. The fraction of sp³-hybridized carbons (Fsp3) is 0.318. The van der Waals surface area contributed by atoms with Gasteiger partial charge in [-0.2, -0.15) is 0 Å². The first kappa shape index (κ1) is 21.9. The van der Waals surface area contributed by atoms with Gasteiger partial charge in [0, 0.05) is 23.9 Å². The molecule has 0 spiro atoms. The number of sulfonamides is 1. The molecule has 0 saturated heterocycles. The lowest BCUT2D eigenvalue weighted by atomic mass is 10.2. The average Bonchev–Trinajstić information content (AvgIpc) is 3.26. The first-order valence-electron chi connectivity index (χ1n) is 9.79. The van der Waals surface area contributed by atoms with Crippen molar-refractivity contribution < 1.29 is 22.7 Å². The van der Waals surface area contributed by atoms with Gasteiger partial charge in [-0.3, -0.25) is 4.79 Å². The summed E-state index contributed by atoms with van der Waals surface area (Å²) < 4.78 is 38.0. The van der Waals surface area contributed by atoms with Crippen LogP contribution in [0.5, 0.6) is 11.5 Å². The number of ether oxygens (including phenoxy) is 2. The van der Waals surface area contributed by atoms with Crippen LogP contribution < -0.4 is 19.5 Å². The lowest BCUT2D eigenvalue weighted by Gasteiger charge is -2.17. The maximum atomic E-state index is 12.6. The highest BCUT2D eigenvalue weighted by Gasteiger charge is 2.19. The van der Waals surface area contributed by atoms with Gasteiger partial charge in [0.05, 0.1) is 18.1 Å². The molecule has 1 amide bonds. The summed E-state index contributed by atoms with van der Waals surface area (Å²) in [6, 6.07) is 10.9. The molecule has 2 N–H and O–H groups in total. The number of rotatable bonds is 9. The van der Waals surface area contributed by atoms with Crippen molar-refractivity contribution in [3.63, 3.8) is 0 Å². The van der Waals surface area contributed by atoms with Crippen molar-refractivity contribution in [3.8, 4) is 11.5 Å². The largest absolute Gasteiger partial charge is 0.493 e. The van der Waals surface area contributed by atoms with Gasteiger partial charge in [-0.05, 0) is 62.1 Å². The summed E-state index contributed by atoms with van der Waals surface area (Å²) in [4.78, 5) is 12.7. The molecule has 7 nitrogen and oxygen atoms in total. The van der Waals surface area contributed by atoms with Crippen molar-refractivity contribution in [1.82, 2.24) is 4.72 Å². The van der Waals surface area contributed by atoms with Crippen LogP contribution in [0, 0.1) is 0 Å². The molecular formula is C22H26N2O5S. The van der Waals surface area contributed by atoms with Crippen molar-refractivity contribution in [2.75, 3.05) is 19.0 Å². The van der Waals surface area contributed by atoms with Crippen LogP contribution in [-0.4, -0.2) is 34.1 Å². The Labute approximate surface area is 177 Å². The van der Waals surface area contributed by atoms with Crippen molar-refractivity contribution in [2.45, 2.75) is 36.7 Å². The fourth-order valence-corrected chi connectivity index (χ4v) is 4.27. The van der Waals surface area contributed by atoms with E-state index in [0.717, 1.165) is 25.7 Å². The maximum Gasteiger partial charge on any atom is 0.255 e. The first-order chi connectivity index (χ1) is 14.4. The quantitative estimate of drug-likeness (QED) is 0.591. The van der Waals surface area contributed by atoms with E-state index in [0.29, 0.717) is 22.7 Å². The predicted molar refractivity (Wildman–Crippen MR) is 116 cm³/mol. The Hall–Kier alpha value is -2.84. The Morgan fingerprint density at radius 1 is 1.13 bits per heavy atom. The van der Waals surface area contributed by atoms with Gasteiger partial charge in [-0.25, -0.2) is 13.1 Å². The van der Waals surface area contributed by atoms with E-state index in [1.54, 1.807) is 25.3 Å². The second-order valence-corrected chi connectivity index (χ2v) is 8.78. The van der Waals surface area contributed by atoms with Crippen LogP contribution in [0.25, 0.3) is 0 Å². The Bertz CT molecular complexity index is 997. The highest BCUT2D eigenvalue weighted by molar-refractivity contribution is 7.89. The number of nitrogens with one attached hydrogen (secondary N) is 2. The van der Waals surface area contributed by atoms with Gasteiger partial charge in [-0.15, -0.1) is 6.58 Å². The fourth-order valence-electron chi connectivity index (χ4n) is 3.27. The SMILES string of the molecule is C=CCNS(=O)(=O)c1ccc(C(=O)Nc2ccc(OC)c(OC3CCCC3)c2)cc1. The number of amides is 1. The number of benzene rings is 2. The van der Waals surface area contributed by atoms with E-state index in [-0.39, 0.29) is 23.5 Å². The monoisotopic (exact) mass is 430 g/mol. The summed E-state index contributed by atoms with van der Waals surface area (Å²) in [6.07, 6.45) is 5.94. The zero-order chi connectivity index (χ0) is 21.6. The zero-order valence-corrected chi connectivity index (χ0v) is 17.7. The normalized spacial score (nSPS) is 14.3. The van der Waals surface area contributed by atoms with Gasteiger partial charge in [-0.1, -0.05) is 6.08 Å². The van der Waals surface area contributed by atoms with E-state index in [9.17, 15) is 13.2 Å². The van der Waals surface area contributed by atoms with E-state index in [4.69, 9.17) is 9.47 Å². The summed E-state index contributed by atoms with van der Waals surface area (Å²) >= 11 is 0. The molecule has 0 bridgehead atoms. The van der Waals surface area contributed by atoms with E-state index in [1.807, 2.05) is 0 Å². The molecule has 0 heterocycles. The molecule has 0 aromatic heterocycles. The minimum absolute atomic E-state index is 0.0811. The number of hydrogen-bond acceptors (Lipinski definition) is 5. The summed E-state index contributed by atoms with van der Waals surface area (Å²) in [5, 5.41) is 2.81. The number of carbonyl (C=O) groups is 1. The summed E-state index contributed by atoms with van der Waals surface area (Å²) in [5.41, 5.74) is 0.907. The summed E-state index contributed by atoms with van der Waals surface area (Å²) in [7, 11) is -2.05. The standard InChI is InChI=1S/C22H26N2O5S/c1-3-14-23-30(26,27)19-11-8-16(9-12-19)22(25)24-17-10-13-20(28-2)21(15-17)29-18-6-4-5-7-18/h3,8-13,15,18,23H,1,4-7,14H2,2H3,(H,24,25). The molecule has 3 rings (SSSR count). The Morgan fingerprint density at radius 2 is 1.83 bits per heavy atom. The molecular weight excluding hydrogens is 404 g/mol. The van der Waals surface area contributed by atoms with Crippen LogP contribution >= 0.6 is 0 Å². The van der Waals surface area contributed by atoms with Crippen LogP contribution in [0.15, 0.2) is 60.0 Å². The molecule has 160 valence electrons. The van der Waals surface area contributed by atoms with Crippen molar-refractivity contribution in [2.24, 2.45) is 0 Å². The van der Waals surface area contributed by atoms with E-state index in [2.05, 4.69) is 16.6 Å². The van der Waals surface area contributed by atoms with Crippen LogP contribution in [0.4, 0.5) is 5.69 Å². The summed E-state index contributed by atoms with van der Waals surface area (Å²) in [5.74, 6) is 0.855. The Morgan fingerprint density at radius 3 is 2.47 bits per heavy atom. The second-order valence-electron chi connectivity index (χ2n) is 7.01. The lowest BCUT2D eigenvalue weighted by molar-refractivity contribution is 0.102. The van der Waals surface area contributed by atoms with Gasteiger partial charge in [0.15, 0.2) is 11.5 Å². The molecule has 0 radical (unpaired) electrons. The highest BCUT2D eigenvalue weighted by Crippen LogP contribution is 2.34. The molecule has 1 fully saturated rings. The van der Waals surface area contributed by atoms with Crippen LogP contribution in [0.2, 0.25) is 0 Å². The Balaban J connectivity index is 1.71. The third-order valence-corrected chi connectivity index (χ3v) is 6.30. The van der Waals surface area contributed by atoms with Gasteiger partial charge >= 0.3 is 0 Å². The number of methoxy groups -OCH3 is 1. The molecule has 2 aromatic rings. The highest BCUT2D eigenvalue weighted by atomic mass is 32.2. The van der Waals surface area contributed by atoms with Gasteiger partial charge in [0.25, 0.3) is 5.91 Å². The van der Waals surface area contributed by atoms with Gasteiger partial charge in [0.1, 0.15) is 0 Å². The van der Waals surface area contributed by atoms with Crippen LogP contribution in [-0.2, 0) is 10.0 Å². The average molecular weight is 431 g/mol. The molecule has 0 unspecified atom stereocenters. The van der Waals surface area contributed by atoms with Crippen LogP contribution in [0.3, 0.4) is 0 Å². The molecule has 1 aliphatic rings. The predicted octanol–water partition coefficient (Wildman–Crippen LogP) is 3.73. The van der Waals surface area contributed by atoms with Crippen LogP contribution in [0.1, 0.15) is 36.0 Å². The molecule has 2 aromatic carbocycles. The maximum absolute atomic E-state index is 12.6. The topological polar surface area (TPSA) is 93.7 Å². The zero-order valence-electron chi connectivity index (χ0n) is 16.9. The van der Waals surface area contributed by atoms with Crippen molar-refractivity contribution in [1.29, 1.82) is 0 Å². The van der Waals surface area contributed by atoms with Crippen molar-refractivity contribution >= 4 is 21.6 Å². The Kier molecular flexibility index (Phi) is 7.12. The summed E-state index contributed by atoms with van der Waals surface area (Å²) in [6.45, 7) is 3.62. The van der Waals surface area contributed by atoms with Gasteiger partial charge < -0.3 is 14.8 Å². The minimum Gasteiger partial charge on any atom is -0.493 e.